The number of carbonyl (C=O) groups excluding carboxylic acids is 4. The maximum atomic E-state index is 13.3. The lowest BCUT2D eigenvalue weighted by molar-refractivity contribution is -0.387. The summed E-state index contributed by atoms with van der Waals surface area (Å²) < 4.78 is 0. The van der Waals surface area contributed by atoms with Gasteiger partial charge >= 0.3 is 23.8 Å². The fourth-order valence-electron chi connectivity index (χ4n) is 7.11. The summed E-state index contributed by atoms with van der Waals surface area (Å²) in [6, 6.07) is 14.2. The summed E-state index contributed by atoms with van der Waals surface area (Å²) in [5, 5.41) is 44.8. The number of rotatable bonds is 10. The number of carboxylic acids is 2. The average Bonchev–Trinajstić information content (AvgIpc) is 3.27. The van der Waals surface area contributed by atoms with Gasteiger partial charge in [-0.1, -0.05) is 82.4 Å². The van der Waals surface area contributed by atoms with Gasteiger partial charge < -0.3 is 29.8 Å². The highest BCUT2D eigenvalue weighted by Crippen LogP contribution is 2.50. The van der Waals surface area contributed by atoms with E-state index in [-0.39, 0.29) is 116 Å². The van der Waals surface area contributed by atoms with Crippen LogP contribution in [0.2, 0.25) is 20.1 Å². The predicted molar refractivity (Wildman–Crippen MR) is 241 cm³/mol. The van der Waals surface area contributed by atoms with Gasteiger partial charge in [-0.15, -0.1) is 0 Å². The van der Waals surface area contributed by atoms with Gasteiger partial charge in [0.15, 0.2) is 0 Å². The normalized spacial score (nSPS) is 14.2. The second-order valence-electron chi connectivity index (χ2n) is 14.1. The van der Waals surface area contributed by atoms with Crippen LogP contribution in [-0.4, -0.2) is 128 Å². The lowest BCUT2D eigenvalue weighted by Crippen LogP contribution is -2.51. The molecule has 2 fully saturated rings. The van der Waals surface area contributed by atoms with Crippen molar-refractivity contribution in [2.45, 2.75) is 9.79 Å². The predicted octanol–water partition coefficient (Wildman–Crippen LogP) is 7.14. The van der Waals surface area contributed by atoms with Crippen LogP contribution in [-0.2, 0) is 28.8 Å². The molecular formula is C42H32Cl4N6O12S. The van der Waals surface area contributed by atoms with E-state index in [4.69, 9.17) is 56.6 Å². The zero-order valence-corrected chi connectivity index (χ0v) is 37.2. The van der Waals surface area contributed by atoms with E-state index in [0.29, 0.717) is 11.8 Å². The zero-order valence-electron chi connectivity index (χ0n) is 33.3. The summed E-state index contributed by atoms with van der Waals surface area (Å²) in [4.78, 5) is 102. The fraction of sp³-hybridized carbons (Fsp3) is 0.190. The van der Waals surface area contributed by atoms with Gasteiger partial charge in [0.1, 0.15) is 0 Å². The lowest BCUT2D eigenvalue weighted by atomic mass is 9.97. The van der Waals surface area contributed by atoms with Crippen molar-refractivity contribution in [3.8, 4) is 22.3 Å². The number of amides is 4. The van der Waals surface area contributed by atoms with Crippen LogP contribution < -0.4 is 0 Å². The highest BCUT2D eigenvalue weighted by atomic mass is 35.5. The van der Waals surface area contributed by atoms with E-state index in [1.165, 1.54) is 82.6 Å². The molecule has 2 aliphatic rings. The number of piperazine rings is 2. The number of hydrogen-bond acceptors (Lipinski definition) is 11. The minimum Gasteiger partial charge on any atom is -0.474 e. The monoisotopic (exact) mass is 984 g/mol. The molecule has 0 aromatic heterocycles. The third kappa shape index (κ3) is 10.9. The number of halogens is 4. The number of nitro groups is 2. The van der Waals surface area contributed by atoms with E-state index in [0.717, 1.165) is 22.0 Å². The number of benzene rings is 4. The first-order valence-electron chi connectivity index (χ1n) is 19.1. The molecule has 0 unspecified atom stereocenters. The first-order valence-corrected chi connectivity index (χ1v) is 21.4. The molecule has 2 aliphatic heterocycles. The van der Waals surface area contributed by atoms with Crippen LogP contribution in [0.5, 0.6) is 0 Å². The maximum absolute atomic E-state index is 13.3. The smallest absolute Gasteiger partial charge is 0.394 e. The van der Waals surface area contributed by atoms with Crippen molar-refractivity contribution in [1.82, 2.24) is 19.6 Å². The van der Waals surface area contributed by atoms with Gasteiger partial charge in [-0.25, -0.2) is 9.59 Å². The molecule has 0 aliphatic carbocycles. The second-order valence-corrected chi connectivity index (χ2v) is 16.9. The zero-order chi connectivity index (χ0) is 47.3. The van der Waals surface area contributed by atoms with Crippen LogP contribution >= 0.6 is 58.2 Å². The number of carboxylic acid groups (broad SMARTS) is 2. The molecule has 23 heteroatoms. The number of hydrogen-bond donors (Lipinski definition) is 2. The fourth-order valence-corrected chi connectivity index (χ4v) is 9.17. The Hall–Kier alpha value is -6.51. The maximum Gasteiger partial charge on any atom is 0.394 e. The van der Waals surface area contributed by atoms with Crippen LogP contribution in [0.4, 0.5) is 11.4 Å². The third-order valence-corrected chi connectivity index (χ3v) is 12.5. The van der Waals surface area contributed by atoms with E-state index in [1.54, 1.807) is 0 Å². The summed E-state index contributed by atoms with van der Waals surface area (Å²) >= 11 is 26.3. The standard InChI is InChI=1S/C42H32Cl4N6O12S/c43-25-5-7-27(29(45)21-25)35-23(3-11-33(53)47-13-17-49(18-14-47)39(55)41(57)58)1-9-31(37(35)51(61)62)65-32-10-2-24(36(38(32)52(63)64)28-8-6-26(44)22-30(28)46)4-12-34(54)48-15-19-50(20-16-48)40(56)42(59)60/h1-12,21-22H,13-20H2,(H,57,58)(H,59,60). The number of aliphatic carboxylic acids is 2. The van der Waals surface area contributed by atoms with Crippen LogP contribution in [0, 0.1) is 20.2 Å². The molecule has 0 radical (unpaired) electrons. The molecule has 4 aromatic rings. The first-order chi connectivity index (χ1) is 30.9. The Balaban J connectivity index is 1.41. The minimum absolute atomic E-state index is 0.00918. The van der Waals surface area contributed by atoms with Gasteiger partial charge in [-0.2, -0.15) is 0 Å². The number of nitro benzene ring substituents is 2. The van der Waals surface area contributed by atoms with E-state index in [2.05, 4.69) is 0 Å². The van der Waals surface area contributed by atoms with Crippen molar-refractivity contribution in [3.63, 3.8) is 0 Å². The SMILES string of the molecule is O=C(O)C(=O)N1CCN(C(=O)C=Cc2ccc(Sc3ccc(C=CC(=O)N4CCN(C(=O)C(=O)O)CC4)c(-c4ccc(Cl)cc4Cl)c3[N+](=O)[O-])c([N+](=O)[O-])c2-c2ccc(Cl)cc2Cl)CC1. The number of nitrogens with zero attached hydrogens (tertiary/aromatic N) is 6. The molecule has 2 N–H and O–H groups in total. The molecule has 65 heavy (non-hydrogen) atoms. The number of carbonyl (C=O) groups is 6. The topological polar surface area (TPSA) is 242 Å². The molecule has 0 bridgehead atoms. The van der Waals surface area contributed by atoms with E-state index < -0.39 is 56.8 Å². The molecule has 336 valence electrons. The Morgan fingerprint density at radius 1 is 0.538 bits per heavy atom. The van der Waals surface area contributed by atoms with E-state index >= 15 is 0 Å². The summed E-state index contributed by atoms with van der Waals surface area (Å²) in [5.41, 5.74) is -0.593. The van der Waals surface area contributed by atoms with Crippen molar-refractivity contribution in [3.05, 3.63) is 124 Å². The molecule has 2 saturated heterocycles. The summed E-state index contributed by atoms with van der Waals surface area (Å²) in [7, 11) is 0. The largest absolute Gasteiger partial charge is 0.474 e. The van der Waals surface area contributed by atoms with Gasteiger partial charge in [0.2, 0.25) is 11.8 Å². The van der Waals surface area contributed by atoms with E-state index in [1.807, 2.05) is 0 Å². The van der Waals surface area contributed by atoms with Crippen LogP contribution in [0.1, 0.15) is 11.1 Å². The first kappa shape index (κ1) is 48.0. The van der Waals surface area contributed by atoms with Gasteiger partial charge in [0.25, 0.3) is 11.4 Å². The highest BCUT2D eigenvalue weighted by molar-refractivity contribution is 7.99. The summed E-state index contributed by atoms with van der Waals surface area (Å²) in [6.45, 7) is -0.00897. The van der Waals surface area contributed by atoms with Crippen molar-refractivity contribution in [2.24, 2.45) is 0 Å². The van der Waals surface area contributed by atoms with Gasteiger partial charge in [-0.05, 0) is 59.7 Å². The Labute approximate surface area is 392 Å². The Bertz CT molecular complexity index is 2550. The molecule has 4 amide bonds. The molecule has 4 aromatic carbocycles. The summed E-state index contributed by atoms with van der Waals surface area (Å²) in [5.74, 6) is -6.49. The van der Waals surface area contributed by atoms with Crippen molar-refractivity contribution < 1.29 is 48.8 Å². The molecule has 2 heterocycles. The molecule has 18 nitrogen and oxygen atoms in total. The molecule has 0 spiro atoms. The van der Waals surface area contributed by atoms with Crippen molar-refractivity contribution in [2.75, 3.05) is 52.4 Å². The average molecular weight is 987 g/mol. The van der Waals surface area contributed by atoms with Gasteiger partial charge in [-0.3, -0.25) is 39.4 Å². The van der Waals surface area contributed by atoms with Gasteiger partial charge in [0, 0.05) is 85.7 Å². The molecular weight excluding hydrogens is 954 g/mol. The quantitative estimate of drug-likeness (QED) is 0.0696. The Kier molecular flexibility index (Phi) is 15.2. The van der Waals surface area contributed by atoms with Crippen LogP contribution in [0.25, 0.3) is 34.4 Å². The van der Waals surface area contributed by atoms with E-state index in [9.17, 15) is 49.0 Å². The molecule has 0 atom stereocenters. The highest BCUT2D eigenvalue weighted by Gasteiger charge is 2.32. The van der Waals surface area contributed by atoms with Crippen molar-refractivity contribution in [1.29, 1.82) is 0 Å². The lowest BCUT2D eigenvalue weighted by Gasteiger charge is -2.33. The summed E-state index contributed by atoms with van der Waals surface area (Å²) in [6.07, 6.45) is 5.00. The van der Waals surface area contributed by atoms with Crippen LogP contribution in [0.3, 0.4) is 0 Å². The van der Waals surface area contributed by atoms with Crippen molar-refractivity contribution >= 4 is 117 Å². The third-order valence-electron chi connectivity index (χ3n) is 10.3. The van der Waals surface area contributed by atoms with Gasteiger partial charge in [0.05, 0.1) is 40.8 Å². The molecule has 0 saturated carbocycles. The Morgan fingerprint density at radius 3 is 1.18 bits per heavy atom. The van der Waals surface area contributed by atoms with Crippen LogP contribution in [0.15, 0.2) is 82.6 Å². The minimum atomic E-state index is -1.62. The second kappa shape index (κ2) is 20.5. The molecule has 6 rings (SSSR count). The Morgan fingerprint density at radius 2 is 0.877 bits per heavy atom.